The van der Waals surface area contributed by atoms with Crippen molar-refractivity contribution in [1.82, 2.24) is 14.9 Å². The van der Waals surface area contributed by atoms with Crippen LogP contribution >= 0.6 is 0 Å². The van der Waals surface area contributed by atoms with Gasteiger partial charge in [0.15, 0.2) is 5.82 Å². The van der Waals surface area contributed by atoms with Crippen LogP contribution in [0.4, 0.5) is 23.8 Å². The van der Waals surface area contributed by atoms with Gasteiger partial charge in [0.2, 0.25) is 0 Å². The molecule has 1 atom stereocenters. The molecule has 268 valence electrons. The van der Waals surface area contributed by atoms with Crippen molar-refractivity contribution in [1.29, 1.82) is 5.26 Å². The molecule has 1 N–H and O–H groups in total. The van der Waals surface area contributed by atoms with Crippen molar-refractivity contribution in [2.24, 2.45) is 5.41 Å². The number of nitriles is 1. The molecule has 4 aromatic rings. The van der Waals surface area contributed by atoms with Gasteiger partial charge in [0.05, 0.1) is 23.6 Å². The summed E-state index contributed by atoms with van der Waals surface area (Å²) in [7, 11) is -2.15. The van der Waals surface area contributed by atoms with Crippen molar-refractivity contribution in [3.63, 3.8) is 0 Å². The summed E-state index contributed by atoms with van der Waals surface area (Å²) in [6.07, 6.45) is -2.55. The summed E-state index contributed by atoms with van der Waals surface area (Å²) >= 11 is 0. The molecule has 0 spiro atoms. The molecule has 1 saturated heterocycles. The largest absolute Gasteiger partial charge is 0.465 e. The predicted molar refractivity (Wildman–Crippen MR) is 200 cm³/mol. The van der Waals surface area contributed by atoms with E-state index in [1.165, 1.54) is 4.90 Å². The van der Waals surface area contributed by atoms with E-state index in [1.54, 1.807) is 17.0 Å². The van der Waals surface area contributed by atoms with Crippen LogP contribution in [-0.2, 0) is 0 Å². The molecule has 5 rings (SSSR count). The van der Waals surface area contributed by atoms with Gasteiger partial charge in [-0.05, 0) is 45.1 Å². The summed E-state index contributed by atoms with van der Waals surface area (Å²) in [5.74, 6) is 1.47. The van der Waals surface area contributed by atoms with Crippen LogP contribution in [0, 0.1) is 45.9 Å². The molecule has 0 radical (unpaired) electrons. The molecule has 1 fully saturated rings. The molecular weight excluding hydrogens is 668 g/mol. The summed E-state index contributed by atoms with van der Waals surface area (Å²) in [5.41, 5.74) is 3.11. The molecule has 1 aromatic heterocycles. The van der Waals surface area contributed by atoms with Crippen LogP contribution < -0.4 is 4.90 Å². The van der Waals surface area contributed by atoms with Gasteiger partial charge < -0.3 is 10.0 Å². The first kappa shape index (κ1) is 37.6. The van der Waals surface area contributed by atoms with Gasteiger partial charge in [-0.2, -0.15) is 19.6 Å². The highest BCUT2D eigenvalue weighted by Gasteiger charge is 2.52. The standard InChI is InChI=1S/C40H46F3N5O2Si/c1-24(2)51(25(3)4,26(5)6)21-16-28-13-10-12-27-14-11-15-29(32(27)28)33-31(41)22-30-35(34(33)42)45-37(43)46-36(30)47-19-20-48(38(49)50)40(23-47,17-18-44)39(7,8)9/h10-15,22,24-26H,17,19-20,23H2,1-9H3,(H,49,50)/t40-/m1/s1. The van der Waals surface area contributed by atoms with Crippen molar-refractivity contribution >= 4 is 41.7 Å². The van der Waals surface area contributed by atoms with Crippen molar-refractivity contribution in [3.8, 4) is 28.7 Å². The molecule has 1 aliphatic rings. The summed E-state index contributed by atoms with van der Waals surface area (Å²) in [6.45, 7) is 18.8. The summed E-state index contributed by atoms with van der Waals surface area (Å²) in [6, 6.07) is 14.1. The van der Waals surface area contributed by atoms with E-state index in [-0.39, 0.29) is 48.4 Å². The number of fused-ring (bicyclic) bond motifs is 2. The molecule has 51 heavy (non-hydrogen) atoms. The van der Waals surface area contributed by atoms with Crippen LogP contribution in [0.15, 0.2) is 42.5 Å². The van der Waals surface area contributed by atoms with Gasteiger partial charge >= 0.3 is 12.2 Å². The first-order valence-electron chi connectivity index (χ1n) is 17.4. The number of benzene rings is 3. The van der Waals surface area contributed by atoms with Gasteiger partial charge in [-0.25, -0.2) is 13.6 Å². The molecule has 1 aliphatic heterocycles. The lowest BCUT2D eigenvalue weighted by atomic mass is 9.69. The van der Waals surface area contributed by atoms with Gasteiger partial charge in [0, 0.05) is 36.0 Å². The molecule has 11 heteroatoms. The smallest absolute Gasteiger partial charge is 0.407 e. The maximum absolute atomic E-state index is 16.9. The second-order valence-corrected chi connectivity index (χ2v) is 21.2. The Morgan fingerprint density at radius 2 is 1.63 bits per heavy atom. The maximum atomic E-state index is 16.9. The third kappa shape index (κ3) is 6.31. The van der Waals surface area contributed by atoms with E-state index >= 15 is 13.2 Å². The zero-order valence-electron chi connectivity index (χ0n) is 30.8. The predicted octanol–water partition coefficient (Wildman–Crippen LogP) is 9.94. The van der Waals surface area contributed by atoms with Crippen molar-refractivity contribution in [2.45, 2.75) is 90.9 Å². The normalized spacial score (nSPS) is 17.0. The van der Waals surface area contributed by atoms with E-state index in [0.29, 0.717) is 27.6 Å². The van der Waals surface area contributed by atoms with Gasteiger partial charge in [0.1, 0.15) is 25.2 Å². The van der Waals surface area contributed by atoms with Crippen LogP contribution in [-0.4, -0.2) is 59.3 Å². The summed E-state index contributed by atoms with van der Waals surface area (Å²) in [5, 5.41) is 21.2. The number of anilines is 1. The van der Waals surface area contributed by atoms with E-state index < -0.39 is 48.4 Å². The summed E-state index contributed by atoms with van der Waals surface area (Å²) in [4.78, 5) is 23.0. The van der Waals surface area contributed by atoms with Crippen LogP contribution in [0.2, 0.25) is 16.6 Å². The first-order chi connectivity index (χ1) is 23.9. The van der Waals surface area contributed by atoms with E-state index in [2.05, 4.69) is 69.0 Å². The number of piperazine rings is 1. The second kappa shape index (κ2) is 13.8. The highest BCUT2D eigenvalue weighted by molar-refractivity contribution is 6.90. The monoisotopic (exact) mass is 713 g/mol. The number of hydrogen-bond acceptors (Lipinski definition) is 5. The molecule has 0 bridgehead atoms. The average Bonchev–Trinajstić information content (AvgIpc) is 3.04. The Balaban J connectivity index is 1.73. The third-order valence-corrected chi connectivity index (χ3v) is 17.4. The average molecular weight is 714 g/mol. The molecular formula is C40H46F3N5O2Si. The highest BCUT2D eigenvalue weighted by Crippen LogP contribution is 2.45. The number of carboxylic acid groups (broad SMARTS) is 1. The first-order valence-corrected chi connectivity index (χ1v) is 19.7. The van der Waals surface area contributed by atoms with Crippen LogP contribution in [0.1, 0.15) is 74.3 Å². The van der Waals surface area contributed by atoms with Gasteiger partial charge in [-0.15, -0.1) is 5.54 Å². The highest BCUT2D eigenvalue weighted by atomic mass is 28.3. The Labute approximate surface area is 299 Å². The van der Waals surface area contributed by atoms with E-state index in [0.717, 1.165) is 11.5 Å². The Bertz CT molecular complexity index is 2080. The van der Waals surface area contributed by atoms with Gasteiger partial charge in [-0.1, -0.05) is 98.6 Å². The molecule has 7 nitrogen and oxygen atoms in total. The maximum Gasteiger partial charge on any atom is 0.407 e. The van der Waals surface area contributed by atoms with Crippen LogP contribution in [0.25, 0.3) is 32.8 Å². The van der Waals surface area contributed by atoms with Crippen molar-refractivity contribution in [2.75, 3.05) is 24.5 Å². The van der Waals surface area contributed by atoms with Gasteiger partial charge in [-0.3, -0.25) is 4.90 Å². The number of carbonyl (C=O) groups is 1. The molecule has 1 amide bonds. The topological polar surface area (TPSA) is 93.3 Å². The molecule has 0 aliphatic carbocycles. The molecule has 0 saturated carbocycles. The van der Waals surface area contributed by atoms with Crippen molar-refractivity contribution < 1.29 is 23.1 Å². The zero-order chi connectivity index (χ0) is 37.6. The summed E-state index contributed by atoms with van der Waals surface area (Å²) < 4.78 is 48.7. The molecule has 3 aromatic carbocycles. The van der Waals surface area contributed by atoms with Crippen molar-refractivity contribution in [3.05, 3.63) is 65.7 Å². The lowest BCUT2D eigenvalue weighted by Gasteiger charge is -2.55. The minimum absolute atomic E-state index is 0.0289. The quantitative estimate of drug-likeness (QED) is 0.122. The Morgan fingerprint density at radius 3 is 2.20 bits per heavy atom. The zero-order valence-corrected chi connectivity index (χ0v) is 31.8. The third-order valence-electron chi connectivity index (χ3n) is 11.1. The lowest BCUT2D eigenvalue weighted by Crippen LogP contribution is -2.69. The van der Waals surface area contributed by atoms with E-state index in [1.807, 2.05) is 45.0 Å². The lowest BCUT2D eigenvalue weighted by molar-refractivity contribution is -0.00279. The second-order valence-electron chi connectivity index (χ2n) is 15.6. The fourth-order valence-electron chi connectivity index (χ4n) is 8.47. The minimum atomic E-state index is -2.15. The van der Waals surface area contributed by atoms with Crippen LogP contribution in [0.5, 0.6) is 0 Å². The number of rotatable bonds is 6. The fourth-order valence-corrected chi connectivity index (χ4v) is 13.7. The SMILES string of the molecule is CC(C)[Si](C#Cc1cccc2cccc(-c3c(F)cc4c(N5CCN(C(=O)O)[C@@](CC#N)(C(C)(C)C)C5)nc(F)nc4c3F)c12)(C(C)C)C(C)C. The van der Waals surface area contributed by atoms with E-state index in [9.17, 15) is 15.2 Å². The number of aromatic nitrogens is 2. The fraction of sp³-hybridized carbons (Fsp3) is 0.450. The Hall–Kier alpha value is -4.61. The number of nitrogens with zero attached hydrogens (tertiary/aromatic N) is 5. The van der Waals surface area contributed by atoms with E-state index in [4.69, 9.17) is 0 Å². The number of amides is 1. The Kier molecular flexibility index (Phi) is 10.2. The Morgan fingerprint density at radius 1 is 1.00 bits per heavy atom. The van der Waals surface area contributed by atoms with Crippen LogP contribution in [0.3, 0.4) is 0 Å². The molecule has 0 unspecified atom stereocenters. The minimum Gasteiger partial charge on any atom is -0.465 e. The number of hydrogen-bond donors (Lipinski definition) is 1. The number of halogens is 3. The van der Waals surface area contributed by atoms with Gasteiger partial charge in [0.25, 0.3) is 0 Å². The molecule has 2 heterocycles.